The smallest absolute Gasteiger partial charge is 0.256 e. The first-order valence-corrected chi connectivity index (χ1v) is 7.89. The number of anilines is 1. The fraction of sp³-hybridized carbons (Fsp3) is 0.500. The largest absolute Gasteiger partial charge is 0.351 e. The van der Waals surface area contributed by atoms with Crippen LogP contribution in [-0.4, -0.2) is 26.5 Å². The molecule has 4 rings (SSSR count). The van der Waals surface area contributed by atoms with Gasteiger partial charge in [-0.15, -0.1) is 0 Å². The lowest BCUT2D eigenvalue weighted by Gasteiger charge is -2.31. The van der Waals surface area contributed by atoms with Gasteiger partial charge >= 0.3 is 0 Å². The zero-order chi connectivity index (χ0) is 15.1. The Morgan fingerprint density at radius 2 is 1.95 bits per heavy atom. The first kappa shape index (κ1) is 13.4. The van der Waals surface area contributed by atoms with Crippen molar-refractivity contribution >= 4 is 5.82 Å². The molecule has 1 N–H and O–H groups in total. The van der Waals surface area contributed by atoms with E-state index in [0.717, 1.165) is 42.9 Å². The molecular weight excluding hydrogens is 278 g/mol. The van der Waals surface area contributed by atoms with Gasteiger partial charge in [0.2, 0.25) is 0 Å². The SMILES string of the molecule is Cc1nc2c(c(=O)[nH]1)CN(c1ncnc3c1CCCC3)CC2. The molecule has 0 spiro atoms. The molecule has 2 aromatic heterocycles. The highest BCUT2D eigenvalue weighted by molar-refractivity contribution is 5.51. The molecule has 1 aliphatic heterocycles. The van der Waals surface area contributed by atoms with E-state index >= 15 is 0 Å². The Morgan fingerprint density at radius 3 is 2.86 bits per heavy atom. The van der Waals surface area contributed by atoms with E-state index in [9.17, 15) is 4.79 Å². The van der Waals surface area contributed by atoms with Crippen molar-refractivity contribution in [3.8, 4) is 0 Å². The molecule has 0 amide bonds. The van der Waals surface area contributed by atoms with Crippen molar-refractivity contribution < 1.29 is 0 Å². The molecule has 3 heterocycles. The summed E-state index contributed by atoms with van der Waals surface area (Å²) in [7, 11) is 0. The number of nitrogens with one attached hydrogen (secondary N) is 1. The van der Waals surface area contributed by atoms with E-state index in [1.54, 1.807) is 6.33 Å². The highest BCUT2D eigenvalue weighted by Crippen LogP contribution is 2.29. The van der Waals surface area contributed by atoms with Crippen LogP contribution in [0, 0.1) is 6.92 Å². The maximum absolute atomic E-state index is 12.2. The first-order chi connectivity index (χ1) is 10.7. The number of nitrogens with zero attached hydrogens (tertiary/aromatic N) is 4. The van der Waals surface area contributed by atoms with Gasteiger partial charge in [-0.05, 0) is 32.6 Å². The second-order valence-corrected chi connectivity index (χ2v) is 6.08. The summed E-state index contributed by atoms with van der Waals surface area (Å²) < 4.78 is 0. The topological polar surface area (TPSA) is 74.8 Å². The van der Waals surface area contributed by atoms with Gasteiger partial charge in [0.25, 0.3) is 5.56 Å². The number of hydrogen-bond donors (Lipinski definition) is 1. The van der Waals surface area contributed by atoms with Crippen LogP contribution >= 0.6 is 0 Å². The quantitative estimate of drug-likeness (QED) is 0.859. The van der Waals surface area contributed by atoms with Crippen molar-refractivity contribution in [3.05, 3.63) is 45.0 Å². The Kier molecular flexibility index (Phi) is 3.17. The van der Waals surface area contributed by atoms with Crippen LogP contribution in [0.4, 0.5) is 5.82 Å². The fourth-order valence-corrected chi connectivity index (χ4v) is 3.51. The van der Waals surface area contributed by atoms with Crippen molar-refractivity contribution in [3.63, 3.8) is 0 Å². The summed E-state index contributed by atoms with van der Waals surface area (Å²) >= 11 is 0. The highest BCUT2D eigenvalue weighted by Gasteiger charge is 2.25. The van der Waals surface area contributed by atoms with Crippen molar-refractivity contribution in [1.29, 1.82) is 0 Å². The minimum atomic E-state index is -0.0184. The molecule has 0 aromatic carbocycles. The molecule has 2 aliphatic rings. The molecule has 1 aliphatic carbocycles. The standard InChI is InChI=1S/C16H19N5O/c1-10-19-14-6-7-21(8-12(14)16(22)20-10)15-11-4-2-3-5-13(11)17-9-18-15/h9H,2-8H2,1H3,(H,19,20,22). The summed E-state index contributed by atoms with van der Waals surface area (Å²) in [5.41, 5.74) is 4.14. The van der Waals surface area contributed by atoms with Crippen molar-refractivity contribution in [2.45, 2.75) is 45.6 Å². The van der Waals surface area contributed by atoms with E-state index in [-0.39, 0.29) is 5.56 Å². The molecular formula is C16H19N5O. The third-order valence-electron chi connectivity index (χ3n) is 4.59. The molecule has 0 bridgehead atoms. The molecule has 0 unspecified atom stereocenters. The highest BCUT2D eigenvalue weighted by atomic mass is 16.1. The van der Waals surface area contributed by atoms with Gasteiger partial charge < -0.3 is 9.88 Å². The summed E-state index contributed by atoms with van der Waals surface area (Å²) in [5, 5.41) is 0. The normalized spacial score (nSPS) is 17.0. The van der Waals surface area contributed by atoms with Gasteiger partial charge in [-0.1, -0.05) is 0 Å². The second kappa shape index (κ2) is 5.19. The van der Waals surface area contributed by atoms with Crippen LogP contribution in [0.5, 0.6) is 0 Å². The van der Waals surface area contributed by atoms with Crippen molar-refractivity contribution in [2.24, 2.45) is 0 Å². The minimum absolute atomic E-state index is 0.0184. The predicted molar refractivity (Wildman–Crippen MR) is 83.0 cm³/mol. The van der Waals surface area contributed by atoms with Gasteiger partial charge in [0.1, 0.15) is 18.0 Å². The Bertz CT molecular complexity index is 783. The van der Waals surface area contributed by atoms with Crippen LogP contribution in [0.3, 0.4) is 0 Å². The zero-order valence-electron chi connectivity index (χ0n) is 12.7. The third-order valence-corrected chi connectivity index (χ3v) is 4.59. The minimum Gasteiger partial charge on any atom is -0.351 e. The van der Waals surface area contributed by atoms with Crippen LogP contribution in [-0.2, 0) is 25.8 Å². The maximum Gasteiger partial charge on any atom is 0.256 e. The summed E-state index contributed by atoms with van der Waals surface area (Å²) in [6.07, 6.45) is 6.92. The molecule has 0 radical (unpaired) electrons. The third kappa shape index (κ3) is 2.19. The van der Waals surface area contributed by atoms with E-state index in [1.165, 1.54) is 24.1 Å². The molecule has 22 heavy (non-hydrogen) atoms. The summed E-state index contributed by atoms with van der Waals surface area (Å²) in [5.74, 6) is 1.70. The molecule has 6 heteroatoms. The number of hydrogen-bond acceptors (Lipinski definition) is 5. The number of aromatic nitrogens is 4. The van der Waals surface area contributed by atoms with Gasteiger partial charge in [0.05, 0.1) is 17.8 Å². The number of H-pyrrole nitrogens is 1. The summed E-state index contributed by atoms with van der Waals surface area (Å²) in [6.45, 7) is 3.27. The second-order valence-electron chi connectivity index (χ2n) is 6.08. The van der Waals surface area contributed by atoms with E-state index in [2.05, 4.69) is 24.8 Å². The average molecular weight is 297 g/mol. The van der Waals surface area contributed by atoms with E-state index in [1.807, 2.05) is 6.92 Å². The molecule has 114 valence electrons. The van der Waals surface area contributed by atoms with Gasteiger partial charge in [0.15, 0.2) is 0 Å². The molecule has 6 nitrogen and oxygen atoms in total. The maximum atomic E-state index is 12.2. The lowest BCUT2D eigenvalue weighted by molar-refractivity contribution is 0.638. The Hall–Kier alpha value is -2.24. The number of aryl methyl sites for hydroxylation is 2. The first-order valence-electron chi connectivity index (χ1n) is 7.89. The Labute approximate surface area is 128 Å². The number of fused-ring (bicyclic) bond motifs is 2. The molecule has 2 aromatic rings. The fourth-order valence-electron chi connectivity index (χ4n) is 3.51. The van der Waals surface area contributed by atoms with E-state index < -0.39 is 0 Å². The van der Waals surface area contributed by atoms with Crippen LogP contribution in [0.15, 0.2) is 11.1 Å². The van der Waals surface area contributed by atoms with Crippen LogP contribution in [0.25, 0.3) is 0 Å². The predicted octanol–water partition coefficient (Wildman–Crippen LogP) is 1.31. The van der Waals surface area contributed by atoms with Crippen molar-refractivity contribution in [2.75, 3.05) is 11.4 Å². The van der Waals surface area contributed by atoms with Gasteiger partial charge in [-0.3, -0.25) is 4.79 Å². The Balaban J connectivity index is 1.73. The molecule has 0 fully saturated rings. The average Bonchev–Trinajstić information content (AvgIpc) is 2.54. The Morgan fingerprint density at radius 1 is 1.09 bits per heavy atom. The molecule has 0 saturated heterocycles. The summed E-state index contributed by atoms with van der Waals surface area (Å²) in [4.78, 5) is 30.6. The summed E-state index contributed by atoms with van der Waals surface area (Å²) in [6, 6.07) is 0. The molecule has 0 saturated carbocycles. The van der Waals surface area contributed by atoms with E-state index in [0.29, 0.717) is 12.4 Å². The lowest BCUT2D eigenvalue weighted by atomic mass is 9.95. The van der Waals surface area contributed by atoms with Gasteiger partial charge in [-0.25, -0.2) is 15.0 Å². The zero-order valence-corrected chi connectivity index (χ0v) is 12.7. The van der Waals surface area contributed by atoms with Gasteiger partial charge in [0, 0.05) is 24.2 Å². The monoisotopic (exact) mass is 297 g/mol. The van der Waals surface area contributed by atoms with Crippen molar-refractivity contribution in [1.82, 2.24) is 19.9 Å². The lowest BCUT2D eigenvalue weighted by Crippen LogP contribution is -2.37. The van der Waals surface area contributed by atoms with Gasteiger partial charge in [-0.2, -0.15) is 0 Å². The number of rotatable bonds is 1. The van der Waals surface area contributed by atoms with Crippen LogP contribution in [0.2, 0.25) is 0 Å². The van der Waals surface area contributed by atoms with Crippen LogP contribution < -0.4 is 10.5 Å². The molecule has 0 atom stereocenters. The van der Waals surface area contributed by atoms with E-state index in [4.69, 9.17) is 0 Å². The number of aromatic amines is 1. The van der Waals surface area contributed by atoms with Crippen LogP contribution in [0.1, 0.15) is 41.2 Å².